The molecule has 0 atom stereocenters. The Bertz CT molecular complexity index is 1740. The van der Waals surface area contributed by atoms with Crippen LogP contribution in [0.1, 0.15) is 34.5 Å². The van der Waals surface area contributed by atoms with Crippen molar-refractivity contribution in [3.05, 3.63) is 71.7 Å². The third kappa shape index (κ3) is 9.07. The number of rotatable bonds is 7. The monoisotopic (exact) mass is 664 g/mol. The van der Waals surface area contributed by atoms with Gasteiger partial charge in [-0.3, -0.25) is 9.20 Å². The Morgan fingerprint density at radius 1 is 0.979 bits per heavy atom. The number of nitrogens with zero attached hydrogens (tertiary/aromatic N) is 6. The number of nitrogens with one attached hydrogen (secondary N) is 2. The Kier molecular flexibility index (Phi) is 10.5. The summed E-state index contributed by atoms with van der Waals surface area (Å²) in [5, 5.41) is 32.1. The highest BCUT2D eigenvalue weighted by atomic mass is 19.4. The van der Waals surface area contributed by atoms with Gasteiger partial charge >= 0.3 is 18.3 Å². The Morgan fingerprint density at radius 2 is 1.62 bits per heavy atom. The van der Waals surface area contributed by atoms with Crippen molar-refractivity contribution in [3.8, 4) is 17.3 Å². The van der Waals surface area contributed by atoms with Crippen LogP contribution in [0.25, 0.3) is 16.9 Å². The van der Waals surface area contributed by atoms with Gasteiger partial charge in [0.2, 0.25) is 5.95 Å². The quantitative estimate of drug-likeness (QED) is 0.164. The molecule has 12 nitrogen and oxygen atoms in total. The van der Waals surface area contributed by atoms with E-state index in [1.54, 1.807) is 33.7 Å². The summed E-state index contributed by atoms with van der Waals surface area (Å²) in [6.07, 6.45) is -5.95. The number of anilines is 2. The van der Waals surface area contributed by atoms with Gasteiger partial charge in [0.15, 0.2) is 0 Å². The molecule has 0 bridgehead atoms. The molecule has 248 valence electrons. The van der Waals surface area contributed by atoms with E-state index in [9.17, 15) is 36.2 Å². The van der Waals surface area contributed by atoms with E-state index >= 15 is 0 Å². The van der Waals surface area contributed by atoms with E-state index in [1.165, 1.54) is 18.3 Å². The van der Waals surface area contributed by atoms with Gasteiger partial charge < -0.3 is 25.7 Å². The molecule has 1 aliphatic rings. The Labute approximate surface area is 262 Å². The zero-order valence-electron chi connectivity index (χ0n) is 24.2. The standard InChI is InChI=1S/C27H25F3N8O2.C2HF3O2/c28-27(29,30)19-4-2-18(3-5-19)21-13-24-35-22(25(40)37-11-7-20(39)8-12-37)16-38(24)26(36-21)33-10-9-32-23-6-1-17(14-31)15-34-23;3-2(4,5)1(6)7/h1-6,13,15-16,20,39H,7-12H2,(H,32,34)(H,33,36);(H,6,7). The predicted molar refractivity (Wildman–Crippen MR) is 154 cm³/mol. The first-order valence-corrected chi connectivity index (χ1v) is 13.8. The number of aliphatic carboxylic acids is 1. The summed E-state index contributed by atoms with van der Waals surface area (Å²) in [4.78, 5) is 36.9. The fourth-order valence-electron chi connectivity index (χ4n) is 4.35. The molecule has 47 heavy (non-hydrogen) atoms. The van der Waals surface area contributed by atoms with Crippen LogP contribution in [0.15, 0.2) is 54.9 Å². The highest BCUT2D eigenvalue weighted by molar-refractivity contribution is 5.93. The van der Waals surface area contributed by atoms with Crippen molar-refractivity contribution in [1.82, 2.24) is 24.3 Å². The van der Waals surface area contributed by atoms with Crippen LogP contribution >= 0.6 is 0 Å². The number of alkyl halides is 6. The van der Waals surface area contributed by atoms with Crippen LogP contribution in [0.5, 0.6) is 0 Å². The van der Waals surface area contributed by atoms with E-state index in [0.717, 1.165) is 12.1 Å². The number of aromatic nitrogens is 4. The van der Waals surface area contributed by atoms with E-state index in [4.69, 9.17) is 15.2 Å². The Morgan fingerprint density at radius 3 is 2.17 bits per heavy atom. The van der Waals surface area contributed by atoms with Crippen LogP contribution in [0.3, 0.4) is 0 Å². The van der Waals surface area contributed by atoms with Crippen molar-refractivity contribution in [2.24, 2.45) is 0 Å². The molecule has 4 heterocycles. The molecule has 1 aliphatic heterocycles. The van der Waals surface area contributed by atoms with Crippen molar-refractivity contribution in [2.75, 3.05) is 36.8 Å². The number of aliphatic hydroxyl groups excluding tert-OH is 1. The molecule has 1 amide bonds. The zero-order valence-corrected chi connectivity index (χ0v) is 24.2. The minimum absolute atomic E-state index is 0.200. The lowest BCUT2D eigenvalue weighted by atomic mass is 10.1. The summed E-state index contributed by atoms with van der Waals surface area (Å²) in [5.74, 6) is -2.10. The molecule has 18 heteroatoms. The largest absolute Gasteiger partial charge is 0.490 e. The van der Waals surface area contributed by atoms with Crippen molar-refractivity contribution in [1.29, 1.82) is 5.26 Å². The van der Waals surface area contributed by atoms with Gasteiger partial charge in [-0.05, 0) is 37.1 Å². The highest BCUT2D eigenvalue weighted by Gasteiger charge is 2.38. The third-order valence-corrected chi connectivity index (χ3v) is 6.78. The van der Waals surface area contributed by atoms with E-state index in [1.807, 2.05) is 6.07 Å². The lowest BCUT2D eigenvalue weighted by molar-refractivity contribution is -0.192. The summed E-state index contributed by atoms with van der Waals surface area (Å²) in [7, 11) is 0. The van der Waals surface area contributed by atoms with Crippen LogP contribution in [0.4, 0.5) is 38.1 Å². The average molecular weight is 665 g/mol. The van der Waals surface area contributed by atoms with Crippen molar-refractivity contribution >= 4 is 29.3 Å². The maximum atomic E-state index is 13.1. The number of pyridine rings is 1. The van der Waals surface area contributed by atoms with Gasteiger partial charge in [-0.2, -0.15) is 31.6 Å². The molecule has 0 spiro atoms. The number of piperidine rings is 1. The number of carboxylic acids is 1. The summed E-state index contributed by atoms with van der Waals surface area (Å²) in [5.41, 5.74) is 1.12. The van der Waals surface area contributed by atoms with Gasteiger partial charge in [-0.15, -0.1) is 0 Å². The topological polar surface area (TPSA) is 169 Å². The molecule has 4 N–H and O–H groups in total. The number of fused-ring (bicyclic) bond motifs is 1. The first-order chi connectivity index (χ1) is 22.2. The van der Waals surface area contributed by atoms with Crippen LogP contribution in [-0.4, -0.2) is 84.8 Å². The number of hydrogen-bond donors (Lipinski definition) is 4. The van der Waals surface area contributed by atoms with E-state index in [2.05, 4.69) is 25.6 Å². The first kappa shape index (κ1) is 34.4. The molecule has 1 saturated heterocycles. The molecule has 1 aromatic carbocycles. The fourth-order valence-corrected chi connectivity index (χ4v) is 4.35. The summed E-state index contributed by atoms with van der Waals surface area (Å²) >= 11 is 0. The summed E-state index contributed by atoms with van der Waals surface area (Å²) in [6, 6.07) is 11.6. The van der Waals surface area contributed by atoms with Crippen molar-refractivity contribution in [2.45, 2.75) is 31.3 Å². The number of imidazole rings is 1. The number of nitriles is 1. The molecule has 5 rings (SSSR count). The number of aliphatic hydroxyl groups is 1. The third-order valence-electron chi connectivity index (χ3n) is 6.78. The lowest BCUT2D eigenvalue weighted by Crippen LogP contribution is -2.40. The maximum Gasteiger partial charge on any atom is 0.490 e. The number of hydrogen-bond acceptors (Lipinski definition) is 9. The number of carbonyl (C=O) groups excluding carboxylic acids is 1. The molecular weight excluding hydrogens is 638 g/mol. The van der Waals surface area contributed by atoms with Gasteiger partial charge in [-0.1, -0.05) is 12.1 Å². The SMILES string of the molecule is N#Cc1ccc(NCCNc2nc(-c3ccc(C(F)(F)F)cc3)cc3nc(C(=O)N4CCC(O)CC4)cn23)nc1.O=C(O)C(F)(F)F. The molecule has 0 unspecified atom stereocenters. The smallest absolute Gasteiger partial charge is 0.475 e. The second kappa shape index (κ2) is 14.3. The van der Waals surface area contributed by atoms with Crippen LogP contribution in [0.2, 0.25) is 0 Å². The Balaban J connectivity index is 0.000000644. The van der Waals surface area contributed by atoms with Crippen LogP contribution < -0.4 is 10.6 Å². The first-order valence-electron chi connectivity index (χ1n) is 13.8. The lowest BCUT2D eigenvalue weighted by Gasteiger charge is -2.28. The van der Waals surface area contributed by atoms with Gasteiger partial charge in [0.25, 0.3) is 5.91 Å². The molecule has 0 radical (unpaired) electrons. The fraction of sp³-hybridized carbons (Fsp3) is 0.310. The molecule has 0 aliphatic carbocycles. The highest BCUT2D eigenvalue weighted by Crippen LogP contribution is 2.31. The minimum atomic E-state index is -5.08. The van der Waals surface area contributed by atoms with Gasteiger partial charge in [0.05, 0.1) is 22.9 Å². The van der Waals surface area contributed by atoms with Crippen molar-refractivity contribution < 1.29 is 46.1 Å². The number of carboxylic acid groups (broad SMARTS) is 1. The van der Waals surface area contributed by atoms with E-state index in [0.29, 0.717) is 73.3 Å². The number of carbonyl (C=O) groups is 2. The second-order valence-electron chi connectivity index (χ2n) is 10.1. The van der Waals surface area contributed by atoms with E-state index in [-0.39, 0.29) is 11.6 Å². The number of halogens is 6. The molecular formula is C29H26F6N8O4. The average Bonchev–Trinajstić information content (AvgIpc) is 3.47. The predicted octanol–water partition coefficient (Wildman–Crippen LogP) is 4.44. The van der Waals surface area contributed by atoms with Crippen molar-refractivity contribution in [3.63, 3.8) is 0 Å². The molecule has 3 aromatic heterocycles. The second-order valence-corrected chi connectivity index (χ2v) is 10.1. The Hall–Kier alpha value is -5.44. The number of benzene rings is 1. The van der Waals surface area contributed by atoms with Crippen LogP contribution in [-0.2, 0) is 11.0 Å². The van der Waals surface area contributed by atoms with Gasteiger partial charge in [-0.25, -0.2) is 19.7 Å². The van der Waals surface area contributed by atoms with E-state index < -0.39 is 30.0 Å². The molecule has 4 aromatic rings. The normalized spacial score (nSPS) is 13.8. The van der Waals surface area contributed by atoms with Gasteiger partial charge in [0, 0.05) is 50.2 Å². The summed E-state index contributed by atoms with van der Waals surface area (Å²) in [6.45, 7) is 1.65. The molecule has 1 fully saturated rings. The van der Waals surface area contributed by atoms with Crippen LogP contribution in [0, 0.1) is 11.3 Å². The van der Waals surface area contributed by atoms with Gasteiger partial charge in [0.1, 0.15) is 23.2 Å². The zero-order chi connectivity index (χ0) is 34.4. The number of amides is 1. The number of likely N-dealkylation sites (tertiary alicyclic amines) is 1. The molecule has 0 saturated carbocycles. The summed E-state index contributed by atoms with van der Waals surface area (Å²) < 4.78 is 72.6. The minimum Gasteiger partial charge on any atom is -0.475 e. The maximum absolute atomic E-state index is 13.1.